The number of ether oxygens (including phenoxy) is 2. The first-order chi connectivity index (χ1) is 17.9. The molecule has 1 amide bonds. The second-order valence-corrected chi connectivity index (χ2v) is 8.99. The Morgan fingerprint density at radius 1 is 1.05 bits per heavy atom. The van der Waals surface area contributed by atoms with Crippen LogP contribution >= 0.6 is 0 Å². The van der Waals surface area contributed by atoms with E-state index in [-0.39, 0.29) is 30.3 Å². The first-order valence-electron chi connectivity index (χ1n) is 11.8. The Labute approximate surface area is 210 Å². The number of aromatic nitrogens is 3. The second-order valence-electron chi connectivity index (χ2n) is 8.99. The van der Waals surface area contributed by atoms with E-state index in [1.165, 1.54) is 23.8 Å². The standard InChI is InChI=1S/C28H23FN4O4/c1-32-27(35)25-19(14-24(34)31-26(25)33-21-6-4-3-5-20(21)30-28(32)33)17-9-12-22(23(13-17)36-2)37-15-16-7-10-18(29)11-8-16/h3-13,19H,14-15H2,1-2H3,(H,31,34)/t19-/m0/s1. The van der Waals surface area contributed by atoms with E-state index in [4.69, 9.17) is 9.47 Å². The highest BCUT2D eigenvalue weighted by atomic mass is 19.1. The lowest BCUT2D eigenvalue weighted by Gasteiger charge is -2.27. The number of para-hydroxylation sites is 2. The van der Waals surface area contributed by atoms with E-state index in [0.717, 1.165) is 22.2 Å². The van der Waals surface area contributed by atoms with Crippen molar-refractivity contribution in [3.05, 3.63) is 99.6 Å². The lowest BCUT2D eigenvalue weighted by atomic mass is 9.86. The average molecular weight is 499 g/mol. The van der Waals surface area contributed by atoms with Crippen molar-refractivity contribution in [2.45, 2.75) is 18.9 Å². The van der Waals surface area contributed by atoms with Crippen molar-refractivity contribution in [1.29, 1.82) is 0 Å². The van der Waals surface area contributed by atoms with Crippen LogP contribution in [0.15, 0.2) is 71.5 Å². The van der Waals surface area contributed by atoms with Crippen molar-refractivity contribution in [2.75, 3.05) is 12.4 Å². The van der Waals surface area contributed by atoms with Gasteiger partial charge in [0.05, 0.1) is 23.7 Å². The summed E-state index contributed by atoms with van der Waals surface area (Å²) in [5, 5.41) is 2.92. The number of anilines is 1. The van der Waals surface area contributed by atoms with Crippen LogP contribution in [0, 0.1) is 5.82 Å². The minimum Gasteiger partial charge on any atom is -0.493 e. The molecular weight excluding hydrogens is 475 g/mol. The van der Waals surface area contributed by atoms with Crippen molar-refractivity contribution in [3.63, 3.8) is 0 Å². The third-order valence-electron chi connectivity index (χ3n) is 6.75. The second kappa shape index (κ2) is 8.77. The Bertz CT molecular complexity index is 1740. The largest absolute Gasteiger partial charge is 0.493 e. The fourth-order valence-corrected chi connectivity index (χ4v) is 4.91. The third kappa shape index (κ3) is 3.79. The van der Waals surface area contributed by atoms with Crippen LogP contribution < -0.4 is 20.3 Å². The van der Waals surface area contributed by atoms with Gasteiger partial charge in [-0.25, -0.2) is 9.37 Å². The minimum atomic E-state index is -0.493. The molecule has 1 atom stereocenters. The smallest absolute Gasteiger partial charge is 0.260 e. The van der Waals surface area contributed by atoms with E-state index in [0.29, 0.717) is 28.7 Å². The number of nitrogens with one attached hydrogen (secondary N) is 1. The number of fused-ring (bicyclic) bond motifs is 5. The Kier molecular flexibility index (Phi) is 5.40. The van der Waals surface area contributed by atoms with Gasteiger partial charge in [0.2, 0.25) is 11.7 Å². The topological polar surface area (TPSA) is 86.9 Å². The highest BCUT2D eigenvalue weighted by molar-refractivity contribution is 5.96. The van der Waals surface area contributed by atoms with Gasteiger partial charge in [0.15, 0.2) is 11.5 Å². The molecule has 1 aliphatic heterocycles. The van der Waals surface area contributed by atoms with Gasteiger partial charge in [-0.1, -0.05) is 30.3 Å². The summed E-state index contributed by atoms with van der Waals surface area (Å²) in [6.07, 6.45) is 0.110. The number of aryl methyl sites for hydroxylation is 1. The number of carbonyl (C=O) groups is 1. The minimum absolute atomic E-state index is 0.110. The number of rotatable bonds is 5. The number of halogens is 1. The molecule has 1 N–H and O–H groups in total. The molecule has 0 radical (unpaired) electrons. The molecule has 3 heterocycles. The molecule has 186 valence electrons. The zero-order chi connectivity index (χ0) is 25.7. The zero-order valence-corrected chi connectivity index (χ0v) is 20.2. The third-order valence-corrected chi connectivity index (χ3v) is 6.75. The lowest BCUT2D eigenvalue weighted by Crippen LogP contribution is -2.35. The number of nitrogens with zero attached hydrogens (tertiary/aromatic N) is 3. The normalized spacial score (nSPS) is 15.0. The van der Waals surface area contributed by atoms with Crippen molar-refractivity contribution < 1.29 is 18.7 Å². The Hall–Kier alpha value is -4.66. The summed E-state index contributed by atoms with van der Waals surface area (Å²) in [6.45, 7) is 0.233. The number of imidazole rings is 1. The Morgan fingerprint density at radius 3 is 2.62 bits per heavy atom. The molecule has 0 spiro atoms. The molecule has 0 saturated carbocycles. The van der Waals surface area contributed by atoms with Crippen LogP contribution in [0.2, 0.25) is 0 Å². The van der Waals surface area contributed by atoms with Gasteiger partial charge >= 0.3 is 0 Å². The molecule has 5 aromatic rings. The number of amides is 1. The SMILES string of the molecule is COc1cc([C@@H]2CC(=O)Nc3c2c(=O)n(C)c2nc4ccccc4n32)ccc1OCc1ccc(F)cc1. The summed E-state index contributed by atoms with van der Waals surface area (Å²) in [6, 6.07) is 19.0. The van der Waals surface area contributed by atoms with Gasteiger partial charge in [-0.05, 0) is 47.5 Å². The molecule has 0 bridgehead atoms. The average Bonchev–Trinajstić information content (AvgIpc) is 3.31. The van der Waals surface area contributed by atoms with Crippen molar-refractivity contribution in [3.8, 4) is 11.5 Å². The van der Waals surface area contributed by atoms with E-state index >= 15 is 0 Å². The number of benzene rings is 3. The molecule has 1 aliphatic rings. The molecular formula is C28H23FN4O4. The molecule has 3 aromatic carbocycles. The maximum absolute atomic E-state index is 13.6. The molecule has 9 heteroatoms. The van der Waals surface area contributed by atoms with Gasteiger partial charge in [-0.2, -0.15) is 0 Å². The molecule has 2 aromatic heterocycles. The van der Waals surface area contributed by atoms with Crippen LogP contribution in [0.5, 0.6) is 11.5 Å². The van der Waals surface area contributed by atoms with Gasteiger partial charge in [0.1, 0.15) is 18.2 Å². The van der Waals surface area contributed by atoms with Gasteiger partial charge in [-0.15, -0.1) is 0 Å². The molecule has 37 heavy (non-hydrogen) atoms. The number of methoxy groups -OCH3 is 1. The first kappa shape index (κ1) is 22.8. The van der Waals surface area contributed by atoms with E-state index in [2.05, 4.69) is 10.3 Å². The molecule has 0 aliphatic carbocycles. The highest BCUT2D eigenvalue weighted by Crippen LogP contribution is 2.39. The van der Waals surface area contributed by atoms with E-state index < -0.39 is 5.92 Å². The summed E-state index contributed by atoms with van der Waals surface area (Å²) in [5.41, 5.74) is 3.35. The highest BCUT2D eigenvalue weighted by Gasteiger charge is 2.33. The van der Waals surface area contributed by atoms with Crippen LogP contribution in [-0.4, -0.2) is 27.0 Å². The Balaban J connectivity index is 1.44. The first-order valence-corrected chi connectivity index (χ1v) is 11.8. The van der Waals surface area contributed by atoms with Crippen molar-refractivity contribution in [1.82, 2.24) is 14.0 Å². The van der Waals surface area contributed by atoms with Crippen LogP contribution in [-0.2, 0) is 18.4 Å². The fourth-order valence-electron chi connectivity index (χ4n) is 4.91. The van der Waals surface area contributed by atoms with Gasteiger partial charge in [0, 0.05) is 19.4 Å². The van der Waals surface area contributed by atoms with Crippen LogP contribution in [0.3, 0.4) is 0 Å². The Morgan fingerprint density at radius 2 is 1.84 bits per heavy atom. The van der Waals surface area contributed by atoms with Crippen molar-refractivity contribution in [2.24, 2.45) is 7.05 Å². The predicted octanol–water partition coefficient (Wildman–Crippen LogP) is 4.39. The number of hydrogen-bond acceptors (Lipinski definition) is 5. The predicted molar refractivity (Wildman–Crippen MR) is 137 cm³/mol. The fraction of sp³-hybridized carbons (Fsp3) is 0.179. The molecule has 0 unspecified atom stereocenters. The van der Waals surface area contributed by atoms with Crippen LogP contribution in [0.25, 0.3) is 16.8 Å². The number of carbonyl (C=O) groups excluding carboxylic acids is 1. The van der Waals surface area contributed by atoms with Crippen LogP contribution in [0.4, 0.5) is 10.2 Å². The van der Waals surface area contributed by atoms with E-state index in [1.54, 1.807) is 31.3 Å². The summed E-state index contributed by atoms with van der Waals surface area (Å²) >= 11 is 0. The molecule has 0 fully saturated rings. The summed E-state index contributed by atoms with van der Waals surface area (Å²) < 4.78 is 28.0. The summed E-state index contributed by atoms with van der Waals surface area (Å²) in [7, 11) is 3.22. The van der Waals surface area contributed by atoms with Crippen molar-refractivity contribution >= 4 is 28.5 Å². The van der Waals surface area contributed by atoms with Crippen LogP contribution in [0.1, 0.15) is 29.0 Å². The maximum Gasteiger partial charge on any atom is 0.260 e. The zero-order valence-electron chi connectivity index (χ0n) is 20.2. The molecule has 8 nitrogen and oxygen atoms in total. The summed E-state index contributed by atoms with van der Waals surface area (Å²) in [4.78, 5) is 31.1. The quantitative estimate of drug-likeness (QED) is 0.389. The lowest BCUT2D eigenvalue weighted by molar-refractivity contribution is -0.116. The number of hydrogen-bond donors (Lipinski definition) is 1. The van der Waals surface area contributed by atoms with E-state index in [9.17, 15) is 14.0 Å². The van der Waals surface area contributed by atoms with Gasteiger partial charge < -0.3 is 14.8 Å². The van der Waals surface area contributed by atoms with E-state index in [1.807, 2.05) is 34.7 Å². The maximum atomic E-state index is 13.6. The summed E-state index contributed by atoms with van der Waals surface area (Å²) in [5.74, 6) is 0.859. The monoisotopic (exact) mass is 498 g/mol. The van der Waals surface area contributed by atoms with Gasteiger partial charge in [-0.3, -0.25) is 18.6 Å². The molecule has 0 saturated heterocycles. The molecule has 6 rings (SSSR count). The van der Waals surface area contributed by atoms with Gasteiger partial charge in [0.25, 0.3) is 5.56 Å².